The number of aliphatic hydroxyl groups is 1. The lowest BCUT2D eigenvalue weighted by Crippen LogP contribution is -2.56. The van der Waals surface area contributed by atoms with Crippen molar-refractivity contribution in [3.63, 3.8) is 0 Å². The lowest BCUT2D eigenvalue weighted by Gasteiger charge is -2.44. The number of hydrogen-bond donors (Lipinski definition) is 3. The molecule has 0 bridgehead atoms. The molecule has 9 nitrogen and oxygen atoms in total. The molecule has 0 spiro atoms. The van der Waals surface area contributed by atoms with Gasteiger partial charge in [0.1, 0.15) is 11.7 Å². The van der Waals surface area contributed by atoms with Crippen LogP contribution in [0.15, 0.2) is 60.7 Å². The Morgan fingerprint density at radius 2 is 1.38 bits per heavy atom. The van der Waals surface area contributed by atoms with Crippen LogP contribution in [-0.2, 0) is 14.4 Å². The van der Waals surface area contributed by atoms with E-state index < -0.39 is 52.3 Å². The van der Waals surface area contributed by atoms with Crippen molar-refractivity contribution in [2.24, 2.45) is 11.8 Å². The SMILES string of the molecule is Cc1ccc(NC(=O)[C@@H]2C(=O)C[C@](C)(O)[C@H](C(=O)Nc3ccc(C)cc3C)[C@H]2c2ccc([N+](=O)[O-])cc2)c(C)c1. The Morgan fingerprint density at radius 3 is 1.85 bits per heavy atom. The number of nitrogens with one attached hydrogen (secondary N) is 2. The standard InChI is InChI=1S/C31H33N3O6/c1-17-6-12-23(19(3)14-17)32-29(36)27-25(35)16-31(5,38)28(26(27)21-8-10-22(11-9-21)34(39)40)30(37)33-24-13-7-18(2)15-20(24)4/h6-15,26-28,38H,16H2,1-5H3,(H,32,36)(H,33,37)/t26-,27+,28-,31-/m0/s1. The molecule has 4 rings (SSSR count). The van der Waals surface area contributed by atoms with Gasteiger partial charge in [-0.15, -0.1) is 0 Å². The molecule has 4 atom stereocenters. The molecule has 0 radical (unpaired) electrons. The zero-order chi connectivity index (χ0) is 29.4. The van der Waals surface area contributed by atoms with Crippen molar-refractivity contribution in [2.45, 2.75) is 52.6 Å². The molecule has 1 aliphatic rings. The lowest BCUT2D eigenvalue weighted by atomic mass is 9.61. The van der Waals surface area contributed by atoms with E-state index in [4.69, 9.17) is 0 Å². The quantitative estimate of drug-likeness (QED) is 0.223. The molecule has 3 N–H and O–H groups in total. The van der Waals surface area contributed by atoms with Gasteiger partial charge in [0.2, 0.25) is 11.8 Å². The molecule has 40 heavy (non-hydrogen) atoms. The van der Waals surface area contributed by atoms with Gasteiger partial charge in [-0.3, -0.25) is 24.5 Å². The number of Topliss-reactive ketones (excluding diaryl/α,β-unsaturated/α-hetero) is 1. The third kappa shape index (κ3) is 5.79. The van der Waals surface area contributed by atoms with Gasteiger partial charge < -0.3 is 15.7 Å². The fourth-order valence-electron chi connectivity index (χ4n) is 5.64. The maximum atomic E-state index is 13.9. The first kappa shape index (κ1) is 28.6. The number of nitro groups is 1. The summed E-state index contributed by atoms with van der Waals surface area (Å²) < 4.78 is 0. The number of carbonyl (C=O) groups excluding carboxylic acids is 3. The van der Waals surface area contributed by atoms with E-state index in [-0.39, 0.29) is 5.69 Å². The molecule has 0 aromatic heterocycles. The fraction of sp³-hybridized carbons (Fsp3) is 0.323. The molecule has 9 heteroatoms. The normalized spacial score (nSPS) is 22.4. The van der Waals surface area contributed by atoms with Crippen LogP contribution in [0, 0.1) is 49.6 Å². The summed E-state index contributed by atoms with van der Waals surface area (Å²) in [5.41, 5.74) is 3.11. The van der Waals surface area contributed by atoms with E-state index in [2.05, 4.69) is 10.6 Å². The summed E-state index contributed by atoms with van der Waals surface area (Å²) in [5.74, 6) is -5.32. The molecule has 0 saturated heterocycles. The number of non-ortho nitro benzene ring substituents is 1. The number of nitro benzene ring substituents is 1. The summed E-state index contributed by atoms with van der Waals surface area (Å²) in [6.07, 6.45) is -0.410. The topological polar surface area (TPSA) is 139 Å². The van der Waals surface area contributed by atoms with Crippen LogP contribution in [-0.4, -0.2) is 33.2 Å². The number of amides is 2. The Hall–Kier alpha value is -4.37. The molecule has 0 unspecified atom stereocenters. The first-order valence-electron chi connectivity index (χ1n) is 13.0. The van der Waals surface area contributed by atoms with E-state index in [0.717, 1.165) is 22.3 Å². The molecule has 2 amide bonds. The molecule has 3 aromatic rings. The highest BCUT2D eigenvalue weighted by atomic mass is 16.6. The second-order valence-electron chi connectivity index (χ2n) is 10.9. The highest BCUT2D eigenvalue weighted by Crippen LogP contribution is 2.47. The van der Waals surface area contributed by atoms with Crippen LogP contribution >= 0.6 is 0 Å². The summed E-state index contributed by atoms with van der Waals surface area (Å²) >= 11 is 0. The van der Waals surface area contributed by atoms with Gasteiger partial charge in [0.25, 0.3) is 5.69 Å². The second kappa shape index (κ2) is 11.0. The van der Waals surface area contributed by atoms with Gasteiger partial charge >= 0.3 is 0 Å². The summed E-state index contributed by atoms with van der Waals surface area (Å²) in [6, 6.07) is 16.4. The van der Waals surface area contributed by atoms with Crippen LogP contribution in [0.4, 0.5) is 17.1 Å². The molecule has 1 fully saturated rings. The first-order chi connectivity index (χ1) is 18.8. The van der Waals surface area contributed by atoms with Crippen LogP contribution in [0.25, 0.3) is 0 Å². The molecule has 0 heterocycles. The molecule has 3 aromatic carbocycles. The van der Waals surface area contributed by atoms with E-state index in [1.165, 1.54) is 31.2 Å². The molecule has 1 saturated carbocycles. The van der Waals surface area contributed by atoms with Crippen molar-refractivity contribution < 1.29 is 24.4 Å². The van der Waals surface area contributed by atoms with Gasteiger partial charge in [-0.2, -0.15) is 0 Å². The third-order valence-electron chi connectivity index (χ3n) is 7.60. The minimum atomic E-state index is -1.79. The Labute approximate surface area is 232 Å². The van der Waals surface area contributed by atoms with Crippen molar-refractivity contribution in [1.82, 2.24) is 0 Å². The Morgan fingerprint density at radius 1 is 0.875 bits per heavy atom. The number of carbonyl (C=O) groups is 3. The third-order valence-corrected chi connectivity index (χ3v) is 7.60. The minimum absolute atomic E-state index is 0.176. The number of nitrogens with zero attached hydrogens (tertiary/aromatic N) is 1. The van der Waals surface area contributed by atoms with Crippen molar-refractivity contribution in [3.05, 3.63) is 98.6 Å². The van der Waals surface area contributed by atoms with Gasteiger partial charge in [0.05, 0.1) is 16.4 Å². The fourth-order valence-corrected chi connectivity index (χ4v) is 5.64. The van der Waals surface area contributed by atoms with Crippen LogP contribution < -0.4 is 10.6 Å². The molecule has 0 aliphatic heterocycles. The average molecular weight is 544 g/mol. The number of ketones is 1. The summed E-state index contributed by atoms with van der Waals surface area (Å²) in [4.78, 5) is 51.9. The van der Waals surface area contributed by atoms with Crippen LogP contribution in [0.3, 0.4) is 0 Å². The van der Waals surface area contributed by atoms with E-state index in [1.807, 2.05) is 52.0 Å². The minimum Gasteiger partial charge on any atom is -0.389 e. The number of benzene rings is 3. The number of aryl methyl sites for hydroxylation is 4. The van der Waals surface area contributed by atoms with Crippen molar-refractivity contribution in [1.29, 1.82) is 0 Å². The Kier molecular flexibility index (Phi) is 7.88. The number of hydrogen-bond acceptors (Lipinski definition) is 6. The van der Waals surface area contributed by atoms with Crippen molar-refractivity contribution >= 4 is 34.7 Å². The number of anilines is 2. The Bertz CT molecular complexity index is 1500. The average Bonchev–Trinajstić information content (AvgIpc) is 2.86. The molecule has 208 valence electrons. The van der Waals surface area contributed by atoms with Crippen molar-refractivity contribution in [3.8, 4) is 0 Å². The summed E-state index contributed by atoms with van der Waals surface area (Å²) in [6.45, 7) is 8.95. The highest BCUT2D eigenvalue weighted by Gasteiger charge is 2.56. The highest BCUT2D eigenvalue weighted by molar-refractivity contribution is 6.10. The van der Waals surface area contributed by atoms with Gasteiger partial charge in [-0.05, 0) is 63.4 Å². The van der Waals surface area contributed by atoms with E-state index in [1.54, 1.807) is 12.1 Å². The van der Waals surface area contributed by atoms with Gasteiger partial charge in [-0.25, -0.2) is 0 Å². The monoisotopic (exact) mass is 543 g/mol. The molecular formula is C31H33N3O6. The summed E-state index contributed by atoms with van der Waals surface area (Å²) in [7, 11) is 0. The smallest absolute Gasteiger partial charge is 0.269 e. The second-order valence-corrected chi connectivity index (χ2v) is 10.9. The maximum Gasteiger partial charge on any atom is 0.269 e. The van der Waals surface area contributed by atoms with Crippen LogP contribution in [0.1, 0.15) is 47.1 Å². The summed E-state index contributed by atoms with van der Waals surface area (Å²) in [5, 5.41) is 28.5. The predicted octanol–water partition coefficient (Wildman–Crippen LogP) is 5.15. The zero-order valence-corrected chi connectivity index (χ0v) is 23.1. The van der Waals surface area contributed by atoms with Crippen molar-refractivity contribution in [2.75, 3.05) is 10.6 Å². The molecule has 1 aliphatic carbocycles. The van der Waals surface area contributed by atoms with Gasteiger partial charge in [0, 0.05) is 35.8 Å². The van der Waals surface area contributed by atoms with Gasteiger partial charge in [-0.1, -0.05) is 47.5 Å². The Balaban J connectivity index is 1.80. The van der Waals surface area contributed by atoms with Crippen LogP contribution in [0.5, 0.6) is 0 Å². The zero-order valence-electron chi connectivity index (χ0n) is 23.1. The largest absolute Gasteiger partial charge is 0.389 e. The molecular weight excluding hydrogens is 510 g/mol. The van der Waals surface area contributed by atoms with Crippen LogP contribution in [0.2, 0.25) is 0 Å². The lowest BCUT2D eigenvalue weighted by molar-refractivity contribution is -0.384. The number of rotatable bonds is 6. The van der Waals surface area contributed by atoms with E-state index in [9.17, 15) is 29.6 Å². The van der Waals surface area contributed by atoms with Gasteiger partial charge in [0.15, 0.2) is 0 Å². The first-order valence-corrected chi connectivity index (χ1v) is 13.0. The van der Waals surface area contributed by atoms with E-state index >= 15 is 0 Å². The van der Waals surface area contributed by atoms with E-state index in [0.29, 0.717) is 16.9 Å². The maximum absolute atomic E-state index is 13.9. The predicted molar refractivity (Wildman–Crippen MR) is 152 cm³/mol.